The molecule has 1 N–H and O–H groups in total. The van der Waals surface area contributed by atoms with E-state index in [1.165, 1.54) is 13.2 Å². The molecule has 0 radical (unpaired) electrons. The van der Waals surface area contributed by atoms with Crippen LogP contribution in [0.25, 0.3) is 0 Å². The maximum absolute atomic E-state index is 14.0. The van der Waals surface area contributed by atoms with Crippen molar-refractivity contribution < 1.29 is 9.13 Å². The summed E-state index contributed by atoms with van der Waals surface area (Å²) in [5.74, 6) is -0.105. The highest BCUT2D eigenvalue weighted by atomic mass is 35.5. The van der Waals surface area contributed by atoms with E-state index in [0.29, 0.717) is 5.02 Å². The molecule has 2 aromatic rings. The van der Waals surface area contributed by atoms with Gasteiger partial charge >= 0.3 is 0 Å². The van der Waals surface area contributed by atoms with E-state index in [0.717, 1.165) is 23.2 Å². The van der Waals surface area contributed by atoms with Gasteiger partial charge in [0.15, 0.2) is 11.6 Å². The highest BCUT2D eigenvalue weighted by molar-refractivity contribution is 6.30. The van der Waals surface area contributed by atoms with Crippen LogP contribution < -0.4 is 10.1 Å². The van der Waals surface area contributed by atoms with Gasteiger partial charge in [0.2, 0.25) is 0 Å². The zero-order valence-corrected chi connectivity index (χ0v) is 13.2. The molecule has 4 heteroatoms. The van der Waals surface area contributed by atoms with E-state index in [2.05, 4.69) is 5.32 Å². The van der Waals surface area contributed by atoms with Crippen molar-refractivity contribution in [2.24, 2.45) is 0 Å². The number of benzene rings is 2. The fraction of sp³-hybridized carbons (Fsp3) is 0.294. The van der Waals surface area contributed by atoms with Gasteiger partial charge in [-0.2, -0.15) is 0 Å². The van der Waals surface area contributed by atoms with Crippen LogP contribution in [0.3, 0.4) is 0 Å². The molecule has 0 heterocycles. The third-order valence-electron chi connectivity index (χ3n) is 3.46. The van der Waals surface area contributed by atoms with Gasteiger partial charge in [0, 0.05) is 5.02 Å². The summed E-state index contributed by atoms with van der Waals surface area (Å²) in [6.07, 6.45) is 0. The van der Waals surface area contributed by atoms with E-state index in [9.17, 15) is 4.39 Å². The summed E-state index contributed by atoms with van der Waals surface area (Å²) < 4.78 is 18.9. The van der Waals surface area contributed by atoms with Crippen LogP contribution in [-0.4, -0.2) is 13.7 Å². The van der Waals surface area contributed by atoms with Crippen molar-refractivity contribution in [1.29, 1.82) is 0 Å². The van der Waals surface area contributed by atoms with Crippen molar-refractivity contribution in [2.45, 2.75) is 19.9 Å². The van der Waals surface area contributed by atoms with Crippen LogP contribution in [0.4, 0.5) is 4.39 Å². The normalized spacial score (nSPS) is 12.2. The lowest BCUT2D eigenvalue weighted by Crippen LogP contribution is -2.23. The second kappa shape index (κ2) is 6.92. The van der Waals surface area contributed by atoms with Crippen LogP contribution in [-0.2, 0) is 0 Å². The lowest BCUT2D eigenvalue weighted by molar-refractivity contribution is 0.385. The van der Waals surface area contributed by atoms with Gasteiger partial charge in [-0.3, -0.25) is 0 Å². The van der Waals surface area contributed by atoms with Crippen LogP contribution in [0.5, 0.6) is 5.75 Å². The molecule has 0 aliphatic heterocycles. The number of rotatable bonds is 5. The van der Waals surface area contributed by atoms with Crippen molar-refractivity contribution in [3.05, 3.63) is 63.9 Å². The lowest BCUT2D eigenvalue weighted by atomic mass is 9.94. The first kappa shape index (κ1) is 15.8. The van der Waals surface area contributed by atoms with Crippen molar-refractivity contribution in [1.82, 2.24) is 5.32 Å². The Balaban J connectivity index is 2.45. The molecule has 0 saturated heterocycles. The fourth-order valence-electron chi connectivity index (χ4n) is 2.44. The first-order valence-corrected chi connectivity index (χ1v) is 7.27. The molecular weight excluding hydrogens is 289 g/mol. The summed E-state index contributed by atoms with van der Waals surface area (Å²) in [5.41, 5.74) is 3.02. The molecule has 2 aromatic carbocycles. The zero-order valence-electron chi connectivity index (χ0n) is 12.4. The zero-order chi connectivity index (χ0) is 15.4. The SMILES string of the molecule is CCNC(c1ccc(OC)c(F)c1)c1ccc(Cl)cc1C. The average molecular weight is 308 g/mol. The summed E-state index contributed by atoms with van der Waals surface area (Å²) in [7, 11) is 1.46. The number of methoxy groups -OCH3 is 1. The summed E-state index contributed by atoms with van der Waals surface area (Å²) in [4.78, 5) is 0. The third kappa shape index (κ3) is 3.55. The molecule has 21 heavy (non-hydrogen) atoms. The molecule has 0 spiro atoms. The Kier molecular flexibility index (Phi) is 5.21. The lowest BCUT2D eigenvalue weighted by Gasteiger charge is -2.21. The van der Waals surface area contributed by atoms with Crippen LogP contribution in [0, 0.1) is 12.7 Å². The summed E-state index contributed by atoms with van der Waals surface area (Å²) in [6.45, 7) is 4.81. The van der Waals surface area contributed by atoms with Crippen molar-refractivity contribution in [3.63, 3.8) is 0 Å². The van der Waals surface area contributed by atoms with Gasteiger partial charge in [0.25, 0.3) is 0 Å². The van der Waals surface area contributed by atoms with Gasteiger partial charge < -0.3 is 10.1 Å². The van der Waals surface area contributed by atoms with E-state index in [1.54, 1.807) is 6.07 Å². The number of halogens is 2. The Morgan fingerprint density at radius 1 is 1.24 bits per heavy atom. The number of ether oxygens (including phenoxy) is 1. The van der Waals surface area contributed by atoms with Gasteiger partial charge in [0.1, 0.15) is 0 Å². The largest absolute Gasteiger partial charge is 0.494 e. The highest BCUT2D eigenvalue weighted by Crippen LogP contribution is 2.29. The molecule has 2 nitrogen and oxygen atoms in total. The number of nitrogens with one attached hydrogen (secondary N) is 1. The van der Waals surface area contributed by atoms with E-state index in [-0.39, 0.29) is 17.6 Å². The van der Waals surface area contributed by atoms with Crippen LogP contribution in [0.1, 0.15) is 29.7 Å². The second-order valence-electron chi connectivity index (χ2n) is 4.89. The third-order valence-corrected chi connectivity index (χ3v) is 3.70. The number of hydrogen-bond donors (Lipinski definition) is 1. The van der Waals surface area contributed by atoms with Gasteiger partial charge in [0.05, 0.1) is 13.2 Å². The number of aryl methyl sites for hydroxylation is 1. The molecular formula is C17H19ClFNO. The summed E-state index contributed by atoms with van der Waals surface area (Å²) in [6, 6.07) is 10.7. The molecule has 0 aliphatic carbocycles. The molecule has 0 saturated carbocycles. The Hall–Kier alpha value is -1.58. The minimum Gasteiger partial charge on any atom is -0.494 e. The minimum atomic E-state index is -0.357. The van der Waals surface area contributed by atoms with Crippen molar-refractivity contribution in [2.75, 3.05) is 13.7 Å². The monoisotopic (exact) mass is 307 g/mol. The Morgan fingerprint density at radius 2 is 2.00 bits per heavy atom. The molecule has 0 aromatic heterocycles. The van der Waals surface area contributed by atoms with E-state index in [4.69, 9.17) is 16.3 Å². The van der Waals surface area contributed by atoms with Gasteiger partial charge in [-0.1, -0.05) is 30.7 Å². The first-order chi connectivity index (χ1) is 10.1. The van der Waals surface area contributed by atoms with E-state index < -0.39 is 0 Å². The average Bonchev–Trinajstić information content (AvgIpc) is 2.45. The first-order valence-electron chi connectivity index (χ1n) is 6.89. The van der Waals surface area contributed by atoms with E-state index >= 15 is 0 Å². The molecule has 0 aliphatic rings. The summed E-state index contributed by atoms with van der Waals surface area (Å²) >= 11 is 6.01. The summed E-state index contributed by atoms with van der Waals surface area (Å²) in [5, 5.41) is 4.09. The molecule has 1 atom stereocenters. The molecule has 0 fully saturated rings. The molecule has 0 amide bonds. The maximum atomic E-state index is 14.0. The van der Waals surface area contributed by atoms with Gasteiger partial charge in [-0.25, -0.2) is 4.39 Å². The number of hydrogen-bond acceptors (Lipinski definition) is 2. The molecule has 112 valence electrons. The quantitative estimate of drug-likeness (QED) is 0.878. The standard InChI is InChI=1S/C17H19ClFNO/c1-4-20-17(14-7-6-13(18)9-11(14)2)12-5-8-16(21-3)15(19)10-12/h5-10,17,20H,4H2,1-3H3. The van der Waals surface area contributed by atoms with Crippen molar-refractivity contribution in [3.8, 4) is 5.75 Å². The molecule has 2 rings (SSSR count). The predicted molar refractivity (Wildman–Crippen MR) is 84.7 cm³/mol. The van der Waals surface area contributed by atoms with Crippen LogP contribution >= 0.6 is 11.6 Å². The van der Waals surface area contributed by atoms with Gasteiger partial charge in [-0.15, -0.1) is 0 Å². The smallest absolute Gasteiger partial charge is 0.165 e. The molecule has 1 unspecified atom stereocenters. The highest BCUT2D eigenvalue weighted by Gasteiger charge is 2.17. The van der Waals surface area contributed by atoms with Crippen LogP contribution in [0.15, 0.2) is 36.4 Å². The Labute approximate surface area is 129 Å². The van der Waals surface area contributed by atoms with Gasteiger partial charge in [-0.05, 0) is 54.4 Å². The topological polar surface area (TPSA) is 21.3 Å². The molecule has 0 bridgehead atoms. The predicted octanol–water partition coefficient (Wildman–Crippen LogP) is 4.50. The maximum Gasteiger partial charge on any atom is 0.165 e. The van der Waals surface area contributed by atoms with E-state index in [1.807, 2.05) is 38.1 Å². The van der Waals surface area contributed by atoms with Crippen LogP contribution in [0.2, 0.25) is 5.02 Å². The van der Waals surface area contributed by atoms with Crippen molar-refractivity contribution >= 4 is 11.6 Å². The second-order valence-corrected chi connectivity index (χ2v) is 5.32. The Morgan fingerprint density at radius 3 is 2.57 bits per heavy atom. The fourth-order valence-corrected chi connectivity index (χ4v) is 2.66. The minimum absolute atomic E-state index is 0.0762. The Bertz CT molecular complexity index is 630.